The molecule has 3 rings (SSSR count). The Hall–Kier alpha value is -0.720. The number of rotatable bonds is 4. The van der Waals surface area contributed by atoms with Gasteiger partial charge in [-0.3, -0.25) is 0 Å². The van der Waals surface area contributed by atoms with E-state index in [0.29, 0.717) is 5.02 Å². The summed E-state index contributed by atoms with van der Waals surface area (Å²) in [5, 5.41) is 4.22. The van der Waals surface area contributed by atoms with Crippen molar-refractivity contribution in [2.45, 2.75) is 9.79 Å². The molecule has 2 aromatic carbocycles. The minimum atomic E-state index is -0.132. The molecule has 0 radical (unpaired) electrons. The molecule has 0 bridgehead atoms. The van der Waals surface area contributed by atoms with E-state index in [9.17, 15) is 4.79 Å². The molecule has 2 aromatic rings. The molecule has 1 aliphatic heterocycles. The van der Waals surface area contributed by atoms with Gasteiger partial charge in [-0.25, -0.2) is 4.79 Å². The molecule has 25 heavy (non-hydrogen) atoms. The first-order chi connectivity index (χ1) is 12.1. The summed E-state index contributed by atoms with van der Waals surface area (Å²) in [4.78, 5) is 14.4. The number of nitrogens with one attached hydrogen (secondary N) is 1. The minimum absolute atomic E-state index is 0.132. The summed E-state index contributed by atoms with van der Waals surface area (Å²) in [6.45, 7) is 1.88. The predicted molar refractivity (Wildman–Crippen MR) is 114 cm³/mol. The maximum atomic E-state index is 12.3. The third-order valence-electron chi connectivity index (χ3n) is 3.76. The van der Waals surface area contributed by atoms with Crippen molar-refractivity contribution in [2.24, 2.45) is 0 Å². The van der Waals surface area contributed by atoms with E-state index in [2.05, 4.69) is 27.3 Å². The number of hydrogen-bond acceptors (Lipinski definition) is 3. The van der Waals surface area contributed by atoms with Crippen molar-refractivity contribution < 1.29 is 4.79 Å². The molecule has 0 atom stereocenters. The van der Waals surface area contributed by atoms with Crippen LogP contribution in [-0.2, 0) is 15.7 Å². The molecule has 0 amide bonds. The quantitative estimate of drug-likeness (QED) is 0.519. The molecule has 6 heteroatoms. The first-order valence-electron chi connectivity index (χ1n) is 7.95. The van der Waals surface area contributed by atoms with Crippen molar-refractivity contribution in [3.05, 3.63) is 63.6 Å². The molecule has 0 aromatic heterocycles. The molecule has 2 nitrogen and oxygen atoms in total. The van der Waals surface area contributed by atoms with Gasteiger partial charge in [-0.1, -0.05) is 41.6 Å². The molecule has 0 aliphatic carbocycles. The van der Waals surface area contributed by atoms with Crippen molar-refractivity contribution >= 4 is 61.4 Å². The Bertz CT molecular complexity index is 791. The summed E-state index contributed by atoms with van der Waals surface area (Å²) in [6.07, 6.45) is 3.58. The lowest BCUT2D eigenvalue weighted by atomic mass is 10.2. The molecule has 1 aliphatic rings. The van der Waals surface area contributed by atoms with Gasteiger partial charge in [0, 0.05) is 33.4 Å². The SMILES string of the molecule is O=C(/C=C/c1ccc(Sc2ccccc2Br)c(Cl)c1)[S+]1CCNCC1. The van der Waals surface area contributed by atoms with Crippen LogP contribution in [0.3, 0.4) is 0 Å². The van der Waals surface area contributed by atoms with Crippen LogP contribution in [0.5, 0.6) is 0 Å². The van der Waals surface area contributed by atoms with Crippen LogP contribution in [0.25, 0.3) is 6.08 Å². The van der Waals surface area contributed by atoms with E-state index < -0.39 is 0 Å². The highest BCUT2D eigenvalue weighted by Crippen LogP contribution is 2.37. The lowest BCUT2D eigenvalue weighted by molar-refractivity contribution is -0.107. The average Bonchev–Trinajstić information content (AvgIpc) is 2.64. The van der Waals surface area contributed by atoms with Crippen LogP contribution in [0.1, 0.15) is 5.56 Å². The van der Waals surface area contributed by atoms with Crippen LogP contribution in [0.2, 0.25) is 5.02 Å². The Labute approximate surface area is 168 Å². The van der Waals surface area contributed by atoms with E-state index in [0.717, 1.165) is 44.4 Å². The smallest absolute Gasteiger partial charge is 0.308 e. The van der Waals surface area contributed by atoms with Crippen molar-refractivity contribution in [1.29, 1.82) is 0 Å². The Morgan fingerprint density at radius 3 is 2.64 bits per heavy atom. The highest BCUT2D eigenvalue weighted by Gasteiger charge is 2.28. The second-order valence-electron chi connectivity index (χ2n) is 5.53. The highest BCUT2D eigenvalue weighted by atomic mass is 79.9. The van der Waals surface area contributed by atoms with Gasteiger partial charge in [-0.15, -0.1) is 0 Å². The first kappa shape index (κ1) is 19.1. The first-order valence-corrected chi connectivity index (χ1v) is 11.5. The summed E-state index contributed by atoms with van der Waals surface area (Å²) in [6, 6.07) is 14.0. The topological polar surface area (TPSA) is 29.1 Å². The number of hydrogen-bond donors (Lipinski definition) is 1. The fourth-order valence-corrected chi connectivity index (χ4v) is 5.75. The molecule has 1 heterocycles. The summed E-state index contributed by atoms with van der Waals surface area (Å²) in [5.74, 6) is 1.90. The van der Waals surface area contributed by atoms with Gasteiger partial charge < -0.3 is 5.32 Å². The van der Waals surface area contributed by atoms with Gasteiger partial charge in [-0.05, 0) is 51.8 Å². The van der Waals surface area contributed by atoms with Gasteiger partial charge >= 0.3 is 5.12 Å². The number of benzene rings is 2. The highest BCUT2D eigenvalue weighted by molar-refractivity contribution is 9.10. The van der Waals surface area contributed by atoms with Gasteiger partial charge in [0.1, 0.15) is 11.5 Å². The van der Waals surface area contributed by atoms with E-state index in [1.165, 1.54) is 0 Å². The van der Waals surface area contributed by atoms with Crippen LogP contribution in [0.4, 0.5) is 0 Å². The zero-order valence-corrected chi connectivity index (χ0v) is 17.5. The van der Waals surface area contributed by atoms with Gasteiger partial charge in [-0.2, -0.15) is 0 Å². The Morgan fingerprint density at radius 2 is 1.92 bits per heavy atom. The molecule has 1 N–H and O–H groups in total. The molecular formula is C19H18BrClNOS2+. The Morgan fingerprint density at radius 1 is 1.16 bits per heavy atom. The molecule has 0 unspecified atom stereocenters. The third kappa shape index (κ3) is 5.38. The standard InChI is InChI=1S/C19H18BrClNOS2/c20-15-3-1-2-4-17(15)24-18-7-5-14(13-16(18)21)6-8-19(23)25-11-9-22-10-12-25/h1-8,13,22H,9-12H2/q+1/b8-6+. The number of halogens is 2. The monoisotopic (exact) mass is 454 g/mol. The molecule has 130 valence electrons. The largest absolute Gasteiger partial charge is 0.354 e. The maximum Gasteiger partial charge on any atom is 0.354 e. The van der Waals surface area contributed by atoms with E-state index >= 15 is 0 Å². The van der Waals surface area contributed by atoms with Crippen LogP contribution in [0, 0.1) is 0 Å². The minimum Gasteiger partial charge on any atom is -0.308 e. The fourth-order valence-electron chi connectivity index (χ4n) is 2.43. The van der Waals surface area contributed by atoms with Crippen LogP contribution in [-0.4, -0.2) is 29.7 Å². The zero-order valence-electron chi connectivity index (χ0n) is 13.5. The van der Waals surface area contributed by atoms with Gasteiger partial charge in [0.25, 0.3) is 0 Å². The number of carbonyl (C=O) groups is 1. The molecule has 0 spiro atoms. The van der Waals surface area contributed by atoms with Crippen molar-refractivity contribution in [2.75, 3.05) is 24.6 Å². The molecule has 0 saturated carbocycles. The van der Waals surface area contributed by atoms with Gasteiger partial charge in [0.05, 0.1) is 15.9 Å². The van der Waals surface area contributed by atoms with Crippen LogP contribution >= 0.6 is 39.3 Å². The van der Waals surface area contributed by atoms with E-state index in [1.807, 2.05) is 42.5 Å². The van der Waals surface area contributed by atoms with Crippen molar-refractivity contribution in [1.82, 2.24) is 5.32 Å². The van der Waals surface area contributed by atoms with E-state index in [1.54, 1.807) is 17.8 Å². The second kappa shape index (κ2) is 9.28. The van der Waals surface area contributed by atoms with Crippen LogP contribution < -0.4 is 5.32 Å². The maximum absolute atomic E-state index is 12.3. The summed E-state index contributed by atoms with van der Waals surface area (Å²) >= 11 is 11.6. The van der Waals surface area contributed by atoms with Gasteiger partial charge in [0.2, 0.25) is 0 Å². The van der Waals surface area contributed by atoms with E-state index in [4.69, 9.17) is 11.6 Å². The Kier molecular flexibility index (Phi) is 7.08. The van der Waals surface area contributed by atoms with Crippen molar-refractivity contribution in [3.63, 3.8) is 0 Å². The molecule has 1 saturated heterocycles. The summed E-state index contributed by atoms with van der Waals surface area (Å²) in [5.41, 5.74) is 0.952. The normalized spacial score (nSPS) is 15.6. The van der Waals surface area contributed by atoms with Gasteiger partial charge in [0.15, 0.2) is 0 Å². The fraction of sp³-hybridized carbons (Fsp3) is 0.211. The zero-order chi connectivity index (χ0) is 17.6. The average molecular weight is 456 g/mol. The van der Waals surface area contributed by atoms with Crippen molar-refractivity contribution in [3.8, 4) is 0 Å². The summed E-state index contributed by atoms with van der Waals surface area (Å²) < 4.78 is 1.05. The Balaban J connectivity index is 1.68. The lowest BCUT2D eigenvalue weighted by Crippen LogP contribution is -2.39. The van der Waals surface area contributed by atoms with E-state index in [-0.39, 0.29) is 16.0 Å². The molecule has 1 fully saturated rings. The molecular weight excluding hydrogens is 438 g/mol. The second-order valence-corrected chi connectivity index (χ2v) is 10.1. The van der Waals surface area contributed by atoms with Crippen LogP contribution in [0.15, 0.2) is 62.8 Å². The lowest BCUT2D eigenvalue weighted by Gasteiger charge is -2.11. The third-order valence-corrected chi connectivity index (χ3v) is 8.39. The predicted octanol–water partition coefficient (Wildman–Crippen LogP) is 5.02. The number of carbonyl (C=O) groups excluding carboxylic acids is 1. The summed E-state index contributed by atoms with van der Waals surface area (Å²) in [7, 11) is -0.132.